The van der Waals surface area contributed by atoms with Crippen LogP contribution < -0.4 is 5.32 Å². The van der Waals surface area contributed by atoms with Crippen molar-refractivity contribution in [2.75, 3.05) is 6.54 Å². The number of hydrogen-bond donors (Lipinski definition) is 1. The Kier molecular flexibility index (Phi) is 6.00. The highest BCUT2D eigenvalue weighted by Gasteiger charge is 2.16. The molecular weight excluding hydrogens is 258 g/mol. The van der Waals surface area contributed by atoms with Crippen LogP contribution in [0.4, 0.5) is 0 Å². The summed E-state index contributed by atoms with van der Waals surface area (Å²) in [6.45, 7) is 8.58. The van der Waals surface area contributed by atoms with Crippen molar-refractivity contribution in [3.05, 3.63) is 53.3 Å². The third-order valence-corrected chi connectivity index (χ3v) is 3.70. The van der Waals surface area contributed by atoms with Gasteiger partial charge in [0.15, 0.2) is 0 Å². The third kappa shape index (κ3) is 4.43. The molecular formula is C18H27N3. The summed E-state index contributed by atoms with van der Waals surface area (Å²) in [4.78, 5) is 0. The van der Waals surface area contributed by atoms with Crippen LogP contribution in [0.3, 0.4) is 0 Å². The molecule has 0 aliphatic carbocycles. The van der Waals surface area contributed by atoms with E-state index in [2.05, 4.69) is 66.2 Å². The van der Waals surface area contributed by atoms with Gasteiger partial charge in [0.2, 0.25) is 0 Å². The van der Waals surface area contributed by atoms with E-state index in [0.717, 1.165) is 32.4 Å². The van der Waals surface area contributed by atoms with Gasteiger partial charge in [-0.3, -0.25) is 4.68 Å². The first-order valence-corrected chi connectivity index (χ1v) is 8.05. The first-order valence-electron chi connectivity index (χ1n) is 8.05. The highest BCUT2D eigenvalue weighted by molar-refractivity contribution is 5.24. The van der Waals surface area contributed by atoms with Crippen molar-refractivity contribution in [1.29, 1.82) is 0 Å². The van der Waals surface area contributed by atoms with Gasteiger partial charge in [-0.15, -0.1) is 0 Å². The maximum atomic E-state index is 4.47. The number of hydrogen-bond acceptors (Lipinski definition) is 2. The van der Waals surface area contributed by atoms with Crippen LogP contribution in [-0.4, -0.2) is 16.3 Å². The summed E-state index contributed by atoms with van der Waals surface area (Å²) in [6, 6.07) is 11.3. The van der Waals surface area contributed by atoms with E-state index in [1.807, 2.05) is 6.20 Å². The highest BCUT2D eigenvalue weighted by Crippen LogP contribution is 2.19. The highest BCUT2D eigenvalue weighted by atomic mass is 15.3. The summed E-state index contributed by atoms with van der Waals surface area (Å²) in [5, 5.41) is 8.15. The number of nitrogens with one attached hydrogen (secondary N) is 1. The van der Waals surface area contributed by atoms with Crippen molar-refractivity contribution >= 4 is 0 Å². The van der Waals surface area contributed by atoms with Gasteiger partial charge < -0.3 is 5.32 Å². The third-order valence-electron chi connectivity index (χ3n) is 3.70. The van der Waals surface area contributed by atoms with Crippen LogP contribution in [0.15, 0.2) is 36.5 Å². The lowest BCUT2D eigenvalue weighted by Crippen LogP contribution is -2.26. The molecule has 0 aliphatic rings. The maximum absolute atomic E-state index is 4.47. The second kappa shape index (κ2) is 7.99. The van der Waals surface area contributed by atoms with E-state index in [4.69, 9.17) is 0 Å². The molecule has 1 atom stereocenters. The van der Waals surface area contributed by atoms with E-state index in [0.29, 0.717) is 6.04 Å². The zero-order valence-corrected chi connectivity index (χ0v) is 13.5. The molecule has 1 aromatic heterocycles. The molecule has 21 heavy (non-hydrogen) atoms. The number of aryl methyl sites for hydroxylation is 2. The normalized spacial score (nSPS) is 12.5. The molecule has 0 bridgehead atoms. The van der Waals surface area contributed by atoms with Crippen LogP contribution in [0.25, 0.3) is 0 Å². The molecule has 1 aromatic carbocycles. The number of benzene rings is 1. The van der Waals surface area contributed by atoms with E-state index >= 15 is 0 Å². The monoisotopic (exact) mass is 285 g/mol. The minimum absolute atomic E-state index is 0.334. The molecule has 1 heterocycles. The van der Waals surface area contributed by atoms with Gasteiger partial charge in [0.05, 0.1) is 11.7 Å². The smallest absolute Gasteiger partial charge is 0.0556 e. The Morgan fingerprint density at radius 1 is 1.19 bits per heavy atom. The van der Waals surface area contributed by atoms with E-state index in [1.54, 1.807) is 0 Å². The Balaban J connectivity index is 2.19. The first-order chi connectivity index (χ1) is 10.2. The average Bonchev–Trinajstić information content (AvgIpc) is 2.92. The molecule has 3 heteroatoms. The van der Waals surface area contributed by atoms with Crippen molar-refractivity contribution < 1.29 is 0 Å². The van der Waals surface area contributed by atoms with Crippen LogP contribution in [0.1, 0.15) is 49.6 Å². The lowest BCUT2D eigenvalue weighted by molar-refractivity contribution is 0.468. The summed E-state index contributed by atoms with van der Waals surface area (Å²) in [7, 11) is 0. The molecule has 2 rings (SSSR count). The van der Waals surface area contributed by atoms with Crippen LogP contribution >= 0.6 is 0 Å². The van der Waals surface area contributed by atoms with Crippen molar-refractivity contribution in [3.63, 3.8) is 0 Å². The summed E-state index contributed by atoms with van der Waals surface area (Å²) >= 11 is 0. The Hall–Kier alpha value is -1.61. The Labute approximate surface area is 128 Å². The van der Waals surface area contributed by atoms with Gasteiger partial charge in [0.25, 0.3) is 0 Å². The quantitative estimate of drug-likeness (QED) is 0.797. The summed E-state index contributed by atoms with van der Waals surface area (Å²) in [5.41, 5.74) is 4.00. The second-order valence-electron chi connectivity index (χ2n) is 5.68. The minimum atomic E-state index is 0.334. The standard InChI is InChI=1S/C18H27N3/c1-4-10-19-17(14-16-8-6-7-15(3)13-16)18-9-11-20-21(18)12-5-2/h6-9,11,13,17,19H,4-5,10,12,14H2,1-3H3. The van der Waals surface area contributed by atoms with Crippen molar-refractivity contribution in [3.8, 4) is 0 Å². The lowest BCUT2D eigenvalue weighted by atomic mass is 10.0. The predicted molar refractivity (Wildman–Crippen MR) is 88.4 cm³/mol. The Morgan fingerprint density at radius 3 is 2.76 bits per heavy atom. The molecule has 0 aliphatic heterocycles. The predicted octanol–water partition coefficient (Wildman–Crippen LogP) is 3.88. The summed E-state index contributed by atoms with van der Waals surface area (Å²) in [6.07, 6.45) is 5.19. The SMILES string of the molecule is CCCNC(Cc1cccc(C)c1)c1ccnn1CCC. The molecule has 0 amide bonds. The van der Waals surface area contributed by atoms with Crippen LogP contribution in [0.5, 0.6) is 0 Å². The van der Waals surface area contributed by atoms with E-state index in [1.165, 1.54) is 16.8 Å². The van der Waals surface area contributed by atoms with Crippen LogP contribution in [0.2, 0.25) is 0 Å². The van der Waals surface area contributed by atoms with Gasteiger partial charge in [0, 0.05) is 12.7 Å². The zero-order chi connectivity index (χ0) is 15.1. The van der Waals surface area contributed by atoms with Crippen LogP contribution in [-0.2, 0) is 13.0 Å². The topological polar surface area (TPSA) is 29.9 Å². The Morgan fingerprint density at radius 2 is 2.05 bits per heavy atom. The van der Waals surface area contributed by atoms with Gasteiger partial charge in [0.1, 0.15) is 0 Å². The van der Waals surface area contributed by atoms with Crippen molar-refractivity contribution in [2.24, 2.45) is 0 Å². The van der Waals surface area contributed by atoms with Crippen LogP contribution in [0, 0.1) is 6.92 Å². The molecule has 2 aromatic rings. The molecule has 0 saturated carbocycles. The number of nitrogens with zero attached hydrogens (tertiary/aromatic N) is 2. The zero-order valence-electron chi connectivity index (χ0n) is 13.5. The fourth-order valence-electron chi connectivity index (χ4n) is 2.71. The fraction of sp³-hybridized carbons (Fsp3) is 0.500. The van der Waals surface area contributed by atoms with Gasteiger partial charge >= 0.3 is 0 Å². The number of rotatable bonds is 8. The molecule has 0 radical (unpaired) electrons. The average molecular weight is 285 g/mol. The molecule has 1 unspecified atom stereocenters. The largest absolute Gasteiger partial charge is 0.308 e. The van der Waals surface area contributed by atoms with Crippen molar-refractivity contribution in [1.82, 2.24) is 15.1 Å². The molecule has 0 saturated heterocycles. The Bertz CT molecular complexity index is 545. The van der Waals surface area contributed by atoms with Gasteiger partial charge in [-0.05, 0) is 44.4 Å². The van der Waals surface area contributed by atoms with E-state index < -0.39 is 0 Å². The van der Waals surface area contributed by atoms with Gasteiger partial charge in [-0.1, -0.05) is 43.7 Å². The number of aromatic nitrogens is 2. The fourth-order valence-corrected chi connectivity index (χ4v) is 2.71. The summed E-state index contributed by atoms with van der Waals surface area (Å²) in [5.74, 6) is 0. The molecule has 3 nitrogen and oxygen atoms in total. The molecule has 114 valence electrons. The van der Waals surface area contributed by atoms with Crippen molar-refractivity contribution in [2.45, 2.75) is 52.6 Å². The van der Waals surface area contributed by atoms with Gasteiger partial charge in [-0.2, -0.15) is 5.10 Å². The molecule has 1 N–H and O–H groups in total. The minimum Gasteiger partial charge on any atom is -0.308 e. The molecule has 0 fully saturated rings. The van der Waals surface area contributed by atoms with E-state index in [-0.39, 0.29) is 0 Å². The van der Waals surface area contributed by atoms with E-state index in [9.17, 15) is 0 Å². The first kappa shape index (κ1) is 15.8. The summed E-state index contributed by atoms with van der Waals surface area (Å²) < 4.78 is 2.14. The molecule has 0 spiro atoms. The second-order valence-corrected chi connectivity index (χ2v) is 5.68. The lowest BCUT2D eigenvalue weighted by Gasteiger charge is -2.20. The maximum Gasteiger partial charge on any atom is 0.0556 e. The van der Waals surface area contributed by atoms with Gasteiger partial charge in [-0.25, -0.2) is 0 Å².